The van der Waals surface area contributed by atoms with Gasteiger partial charge in [-0.1, -0.05) is 11.6 Å². The highest BCUT2D eigenvalue weighted by atomic mass is 35.5. The van der Waals surface area contributed by atoms with Crippen molar-refractivity contribution in [3.05, 3.63) is 22.3 Å². The van der Waals surface area contributed by atoms with Crippen molar-refractivity contribution in [1.82, 2.24) is 4.98 Å². The maximum Gasteiger partial charge on any atom is 0.404 e. The zero-order valence-corrected chi connectivity index (χ0v) is 9.17. The molecule has 1 aromatic rings. The largest absolute Gasteiger partial charge is 0.481 e. The van der Waals surface area contributed by atoms with Crippen LogP contribution in [0.25, 0.3) is 0 Å². The molecule has 0 aliphatic heterocycles. The van der Waals surface area contributed by atoms with E-state index in [9.17, 15) is 4.79 Å². The van der Waals surface area contributed by atoms with E-state index in [1.807, 2.05) is 0 Å². The van der Waals surface area contributed by atoms with Gasteiger partial charge in [0, 0.05) is 5.69 Å². The van der Waals surface area contributed by atoms with Crippen molar-refractivity contribution >= 4 is 17.7 Å². The van der Waals surface area contributed by atoms with Crippen LogP contribution in [-0.2, 0) is 11.3 Å². The zero-order valence-electron chi connectivity index (χ0n) is 8.41. The Morgan fingerprint density at radius 3 is 2.87 bits per heavy atom. The normalized spacial score (nSPS) is 9.80. The van der Waals surface area contributed by atoms with Gasteiger partial charge in [-0.2, -0.15) is 0 Å². The maximum absolute atomic E-state index is 10.4. The number of hydrogen-bond acceptors (Lipinski definition) is 4. The molecule has 1 amide bonds. The Bertz CT molecular complexity index is 382. The van der Waals surface area contributed by atoms with Crippen LogP contribution in [0.1, 0.15) is 11.3 Å². The van der Waals surface area contributed by atoms with Gasteiger partial charge in [-0.05, 0) is 13.0 Å². The number of nitrogens with zero attached hydrogens (tertiary/aromatic N) is 1. The van der Waals surface area contributed by atoms with Gasteiger partial charge < -0.3 is 15.2 Å². The number of ether oxygens (including phenoxy) is 2. The van der Waals surface area contributed by atoms with Crippen LogP contribution in [0, 0.1) is 6.92 Å². The molecular formula is C9H11ClN2O3. The van der Waals surface area contributed by atoms with E-state index >= 15 is 0 Å². The fourth-order valence-corrected chi connectivity index (χ4v) is 1.37. The van der Waals surface area contributed by atoms with Crippen LogP contribution >= 0.6 is 11.6 Å². The first-order chi connectivity index (χ1) is 7.04. The summed E-state index contributed by atoms with van der Waals surface area (Å²) in [5.74, 6) is 0.334. The van der Waals surface area contributed by atoms with E-state index in [0.29, 0.717) is 16.5 Å². The molecule has 1 rings (SSSR count). The number of aromatic nitrogens is 1. The molecule has 15 heavy (non-hydrogen) atoms. The molecule has 1 aromatic heterocycles. The molecule has 0 unspecified atom stereocenters. The van der Waals surface area contributed by atoms with E-state index in [2.05, 4.69) is 9.72 Å². The molecule has 0 spiro atoms. The van der Waals surface area contributed by atoms with Crippen LogP contribution < -0.4 is 10.5 Å². The van der Waals surface area contributed by atoms with Gasteiger partial charge in [0.15, 0.2) is 0 Å². The quantitative estimate of drug-likeness (QED) is 0.857. The summed E-state index contributed by atoms with van der Waals surface area (Å²) in [7, 11) is 1.46. The van der Waals surface area contributed by atoms with Gasteiger partial charge in [-0.25, -0.2) is 9.78 Å². The minimum absolute atomic E-state index is 0.0510. The van der Waals surface area contributed by atoms with E-state index < -0.39 is 6.09 Å². The zero-order chi connectivity index (χ0) is 11.4. The molecule has 5 nitrogen and oxygen atoms in total. The van der Waals surface area contributed by atoms with Crippen LogP contribution in [0.4, 0.5) is 4.79 Å². The lowest BCUT2D eigenvalue weighted by Gasteiger charge is -2.09. The molecule has 0 saturated carbocycles. The second-order valence-electron chi connectivity index (χ2n) is 2.84. The number of hydrogen-bond donors (Lipinski definition) is 1. The summed E-state index contributed by atoms with van der Waals surface area (Å²) in [5, 5.41) is 0.431. The monoisotopic (exact) mass is 230 g/mol. The van der Waals surface area contributed by atoms with Gasteiger partial charge in [-0.3, -0.25) is 0 Å². The Morgan fingerprint density at radius 1 is 1.67 bits per heavy atom. The summed E-state index contributed by atoms with van der Waals surface area (Å²) in [6.45, 7) is 1.73. The Morgan fingerprint density at radius 2 is 2.33 bits per heavy atom. The highest BCUT2D eigenvalue weighted by molar-refractivity contribution is 6.31. The highest BCUT2D eigenvalue weighted by Gasteiger charge is 2.12. The molecule has 0 atom stereocenters. The second kappa shape index (κ2) is 4.84. The number of rotatable bonds is 3. The highest BCUT2D eigenvalue weighted by Crippen LogP contribution is 2.26. The number of primary amides is 1. The first kappa shape index (κ1) is 11.6. The van der Waals surface area contributed by atoms with Gasteiger partial charge in [0.1, 0.15) is 6.61 Å². The average molecular weight is 231 g/mol. The number of nitrogens with two attached hydrogens (primary N) is 1. The first-order valence-corrected chi connectivity index (χ1v) is 4.54. The van der Waals surface area contributed by atoms with Crippen molar-refractivity contribution in [1.29, 1.82) is 0 Å². The molecule has 0 radical (unpaired) electrons. The maximum atomic E-state index is 10.4. The van der Waals surface area contributed by atoms with Crippen molar-refractivity contribution in [2.45, 2.75) is 13.5 Å². The van der Waals surface area contributed by atoms with Crippen LogP contribution in [0.15, 0.2) is 6.07 Å². The minimum Gasteiger partial charge on any atom is -0.481 e. The van der Waals surface area contributed by atoms with Crippen molar-refractivity contribution in [3.63, 3.8) is 0 Å². The summed E-state index contributed by atoms with van der Waals surface area (Å²) in [4.78, 5) is 14.5. The number of pyridine rings is 1. The molecule has 0 aromatic carbocycles. The van der Waals surface area contributed by atoms with Gasteiger partial charge in [0.25, 0.3) is 0 Å². The van der Waals surface area contributed by atoms with Crippen LogP contribution in [0.3, 0.4) is 0 Å². The van der Waals surface area contributed by atoms with Gasteiger partial charge in [-0.15, -0.1) is 0 Å². The molecule has 0 fully saturated rings. The average Bonchev–Trinajstić information content (AvgIpc) is 2.14. The lowest BCUT2D eigenvalue weighted by molar-refractivity contribution is 0.149. The molecular weight excluding hydrogens is 220 g/mol. The third-order valence-electron chi connectivity index (χ3n) is 1.71. The van der Waals surface area contributed by atoms with Crippen molar-refractivity contribution in [2.24, 2.45) is 5.73 Å². The van der Waals surface area contributed by atoms with Crippen LogP contribution in [0.5, 0.6) is 5.88 Å². The molecule has 2 N–H and O–H groups in total. The molecule has 6 heteroatoms. The molecule has 82 valence electrons. The lowest BCUT2D eigenvalue weighted by atomic mass is 10.2. The Balaban J connectivity index is 2.98. The summed E-state index contributed by atoms with van der Waals surface area (Å²) in [6.07, 6.45) is -0.867. The summed E-state index contributed by atoms with van der Waals surface area (Å²) >= 11 is 5.94. The molecule has 0 saturated heterocycles. The standard InChI is InChI=1S/C9H11ClN2O3/c1-5-3-7(10)6(4-15-9(11)13)8(12-5)14-2/h3H,4H2,1-2H3,(H2,11,13). The fourth-order valence-electron chi connectivity index (χ4n) is 1.08. The number of carbonyl (C=O) groups is 1. The van der Waals surface area contributed by atoms with E-state index in [1.54, 1.807) is 13.0 Å². The SMILES string of the molecule is COc1nc(C)cc(Cl)c1COC(N)=O. The third-order valence-corrected chi connectivity index (χ3v) is 2.05. The van der Waals surface area contributed by atoms with Gasteiger partial charge >= 0.3 is 6.09 Å². The van der Waals surface area contributed by atoms with Crippen LogP contribution in [-0.4, -0.2) is 18.2 Å². The Kier molecular flexibility index (Phi) is 3.74. The number of methoxy groups -OCH3 is 1. The smallest absolute Gasteiger partial charge is 0.404 e. The summed E-state index contributed by atoms with van der Waals surface area (Å²) in [5.41, 5.74) is 6.07. The van der Waals surface area contributed by atoms with Crippen molar-refractivity contribution in [3.8, 4) is 5.88 Å². The van der Waals surface area contributed by atoms with Gasteiger partial charge in [0.05, 0.1) is 17.7 Å². The summed E-state index contributed by atoms with van der Waals surface area (Å²) in [6, 6.07) is 1.66. The van der Waals surface area contributed by atoms with E-state index in [1.165, 1.54) is 7.11 Å². The van der Waals surface area contributed by atoms with E-state index in [0.717, 1.165) is 5.69 Å². The number of aryl methyl sites for hydroxylation is 1. The third kappa shape index (κ3) is 2.99. The predicted octanol–water partition coefficient (Wildman–Crippen LogP) is 1.65. The lowest BCUT2D eigenvalue weighted by Crippen LogP contribution is -2.13. The Labute approximate surface area is 92.1 Å². The fraction of sp³-hybridized carbons (Fsp3) is 0.333. The molecule has 1 heterocycles. The first-order valence-electron chi connectivity index (χ1n) is 4.17. The Hall–Kier alpha value is -1.49. The van der Waals surface area contributed by atoms with Crippen LogP contribution in [0.2, 0.25) is 5.02 Å². The topological polar surface area (TPSA) is 74.4 Å². The van der Waals surface area contributed by atoms with Gasteiger partial charge in [0.2, 0.25) is 5.88 Å². The van der Waals surface area contributed by atoms with E-state index in [-0.39, 0.29) is 6.61 Å². The van der Waals surface area contributed by atoms with Crippen molar-refractivity contribution in [2.75, 3.05) is 7.11 Å². The number of halogens is 1. The predicted molar refractivity (Wildman–Crippen MR) is 54.9 cm³/mol. The van der Waals surface area contributed by atoms with Crippen molar-refractivity contribution < 1.29 is 14.3 Å². The number of amides is 1. The molecule has 0 aliphatic rings. The number of carbonyl (C=O) groups excluding carboxylic acids is 1. The van der Waals surface area contributed by atoms with E-state index in [4.69, 9.17) is 22.1 Å². The summed E-state index contributed by atoms with van der Waals surface area (Å²) < 4.78 is 9.64. The molecule has 0 aliphatic carbocycles. The second-order valence-corrected chi connectivity index (χ2v) is 3.25. The minimum atomic E-state index is -0.867. The molecule has 0 bridgehead atoms.